The summed E-state index contributed by atoms with van der Waals surface area (Å²) >= 11 is 12.2. The molecule has 1 heterocycles. The smallest absolute Gasteiger partial charge is 0.218 e. The first-order chi connectivity index (χ1) is 9.06. The third-order valence-electron chi connectivity index (χ3n) is 2.30. The number of aromatic nitrogens is 3. The van der Waals surface area contributed by atoms with Crippen molar-refractivity contribution in [1.29, 1.82) is 0 Å². The fourth-order valence-electron chi connectivity index (χ4n) is 1.58. The van der Waals surface area contributed by atoms with Gasteiger partial charge in [-0.2, -0.15) is 5.10 Å². The van der Waals surface area contributed by atoms with Crippen molar-refractivity contribution in [1.82, 2.24) is 15.2 Å². The summed E-state index contributed by atoms with van der Waals surface area (Å²) in [6.45, 7) is 4.37. The molecule has 1 aromatic heterocycles. The molecule has 102 valence electrons. The highest BCUT2D eigenvalue weighted by atomic mass is 35.5. The highest BCUT2D eigenvalue weighted by molar-refractivity contribution is 6.35. The van der Waals surface area contributed by atoms with Gasteiger partial charge in [0.2, 0.25) is 5.95 Å². The Morgan fingerprint density at radius 3 is 2.79 bits per heavy atom. The summed E-state index contributed by atoms with van der Waals surface area (Å²) < 4.78 is 5.72. The van der Waals surface area contributed by atoms with Gasteiger partial charge in [-0.1, -0.05) is 23.2 Å². The lowest BCUT2D eigenvalue weighted by Crippen LogP contribution is -2.10. The van der Waals surface area contributed by atoms with E-state index in [0.717, 1.165) is 5.56 Å². The zero-order valence-electron chi connectivity index (χ0n) is 10.6. The van der Waals surface area contributed by atoms with Gasteiger partial charge in [-0.05, 0) is 26.0 Å². The Hall–Kier alpha value is -1.46. The van der Waals surface area contributed by atoms with Crippen molar-refractivity contribution in [2.45, 2.75) is 26.5 Å². The Kier molecular flexibility index (Phi) is 4.50. The van der Waals surface area contributed by atoms with Crippen molar-refractivity contribution in [3.63, 3.8) is 0 Å². The van der Waals surface area contributed by atoms with E-state index in [1.165, 1.54) is 6.33 Å². The van der Waals surface area contributed by atoms with E-state index in [-0.39, 0.29) is 6.10 Å². The fraction of sp³-hybridized carbons (Fsp3) is 0.333. The zero-order chi connectivity index (χ0) is 13.8. The van der Waals surface area contributed by atoms with Crippen LogP contribution >= 0.6 is 23.2 Å². The number of aromatic amines is 1. The van der Waals surface area contributed by atoms with Crippen LogP contribution in [0.15, 0.2) is 18.5 Å². The molecule has 0 amide bonds. The molecule has 2 aromatic rings. The number of nitrogens with zero attached hydrogens (tertiary/aromatic N) is 2. The predicted molar refractivity (Wildman–Crippen MR) is 75.9 cm³/mol. The van der Waals surface area contributed by atoms with Crippen LogP contribution in [0.25, 0.3) is 0 Å². The number of halogens is 2. The molecular formula is C12H14Cl2N4O. The molecule has 1 aromatic carbocycles. The first kappa shape index (κ1) is 14.0. The van der Waals surface area contributed by atoms with E-state index in [1.54, 1.807) is 6.07 Å². The van der Waals surface area contributed by atoms with Gasteiger partial charge in [-0.25, -0.2) is 10.1 Å². The summed E-state index contributed by atoms with van der Waals surface area (Å²) in [5, 5.41) is 10.6. The van der Waals surface area contributed by atoms with Crippen LogP contribution in [0.2, 0.25) is 10.0 Å². The van der Waals surface area contributed by atoms with Crippen LogP contribution < -0.4 is 10.1 Å². The molecule has 0 bridgehead atoms. The molecule has 2 rings (SSSR count). The minimum atomic E-state index is 0.0303. The summed E-state index contributed by atoms with van der Waals surface area (Å²) in [7, 11) is 0. The summed E-state index contributed by atoms with van der Waals surface area (Å²) in [4.78, 5) is 3.98. The third kappa shape index (κ3) is 3.75. The highest BCUT2D eigenvalue weighted by Gasteiger charge is 2.12. The summed E-state index contributed by atoms with van der Waals surface area (Å²) in [6, 6.07) is 3.48. The van der Waals surface area contributed by atoms with E-state index in [2.05, 4.69) is 20.5 Å². The van der Waals surface area contributed by atoms with E-state index in [4.69, 9.17) is 27.9 Å². The predicted octanol–water partition coefficient (Wildman–Crippen LogP) is 3.51. The largest absolute Gasteiger partial charge is 0.489 e. The van der Waals surface area contributed by atoms with Crippen LogP contribution in [0, 0.1) is 0 Å². The van der Waals surface area contributed by atoms with Gasteiger partial charge < -0.3 is 10.1 Å². The van der Waals surface area contributed by atoms with Gasteiger partial charge >= 0.3 is 0 Å². The quantitative estimate of drug-likeness (QED) is 0.887. The number of ether oxygens (including phenoxy) is 1. The number of H-pyrrole nitrogens is 1. The Labute approximate surface area is 121 Å². The van der Waals surface area contributed by atoms with Crippen molar-refractivity contribution in [2.24, 2.45) is 0 Å². The van der Waals surface area contributed by atoms with Crippen molar-refractivity contribution < 1.29 is 4.74 Å². The Morgan fingerprint density at radius 1 is 1.37 bits per heavy atom. The molecular weight excluding hydrogens is 287 g/mol. The maximum atomic E-state index is 6.17. The zero-order valence-corrected chi connectivity index (χ0v) is 12.1. The van der Waals surface area contributed by atoms with Crippen molar-refractivity contribution in [3.8, 4) is 5.75 Å². The SMILES string of the molecule is CC(C)Oc1c(Cl)cc(Cl)cc1CNc1ncn[nH]1. The Balaban J connectivity index is 2.21. The van der Waals surface area contributed by atoms with E-state index in [0.29, 0.717) is 28.3 Å². The number of benzene rings is 1. The lowest BCUT2D eigenvalue weighted by molar-refractivity contribution is 0.240. The first-order valence-corrected chi connectivity index (χ1v) is 6.55. The van der Waals surface area contributed by atoms with Gasteiger partial charge in [0.25, 0.3) is 0 Å². The average Bonchev–Trinajstić information content (AvgIpc) is 2.83. The molecule has 0 aliphatic rings. The van der Waals surface area contributed by atoms with Crippen LogP contribution in [-0.4, -0.2) is 21.3 Å². The average molecular weight is 301 g/mol. The number of nitrogens with one attached hydrogen (secondary N) is 2. The lowest BCUT2D eigenvalue weighted by atomic mass is 10.2. The van der Waals surface area contributed by atoms with E-state index in [1.807, 2.05) is 19.9 Å². The first-order valence-electron chi connectivity index (χ1n) is 5.80. The van der Waals surface area contributed by atoms with Crippen LogP contribution in [0.4, 0.5) is 5.95 Å². The van der Waals surface area contributed by atoms with Crippen molar-refractivity contribution >= 4 is 29.2 Å². The summed E-state index contributed by atoms with van der Waals surface area (Å²) in [6.07, 6.45) is 1.46. The molecule has 0 fully saturated rings. The van der Waals surface area contributed by atoms with E-state index < -0.39 is 0 Å². The molecule has 0 aliphatic carbocycles. The molecule has 0 radical (unpaired) electrons. The summed E-state index contributed by atoms with van der Waals surface area (Å²) in [5.74, 6) is 1.21. The lowest BCUT2D eigenvalue weighted by Gasteiger charge is -2.16. The second-order valence-corrected chi connectivity index (χ2v) is 5.07. The molecule has 7 heteroatoms. The van der Waals surface area contributed by atoms with Crippen LogP contribution in [-0.2, 0) is 6.54 Å². The minimum absolute atomic E-state index is 0.0303. The van der Waals surface area contributed by atoms with E-state index in [9.17, 15) is 0 Å². The second-order valence-electron chi connectivity index (χ2n) is 4.23. The monoisotopic (exact) mass is 300 g/mol. The molecule has 5 nitrogen and oxygen atoms in total. The third-order valence-corrected chi connectivity index (χ3v) is 2.80. The van der Waals surface area contributed by atoms with Gasteiger partial charge in [0.15, 0.2) is 0 Å². The topological polar surface area (TPSA) is 62.8 Å². The second kappa shape index (κ2) is 6.12. The number of hydrogen-bond acceptors (Lipinski definition) is 4. The van der Waals surface area contributed by atoms with Crippen molar-refractivity contribution in [2.75, 3.05) is 5.32 Å². The van der Waals surface area contributed by atoms with Gasteiger partial charge in [0.1, 0.15) is 12.1 Å². The molecule has 0 atom stereocenters. The fourth-order valence-corrected chi connectivity index (χ4v) is 2.16. The molecule has 0 saturated heterocycles. The van der Waals surface area contributed by atoms with Gasteiger partial charge in [0.05, 0.1) is 11.1 Å². The maximum absolute atomic E-state index is 6.17. The molecule has 0 unspecified atom stereocenters. The number of hydrogen-bond donors (Lipinski definition) is 2. The molecule has 19 heavy (non-hydrogen) atoms. The standard InChI is InChI=1S/C12H14Cl2N4O/c1-7(2)19-11-8(3-9(13)4-10(11)14)5-15-12-16-6-17-18-12/h3-4,6-7H,5H2,1-2H3,(H2,15,16,17,18). The van der Waals surface area contributed by atoms with Crippen LogP contribution in [0.3, 0.4) is 0 Å². The van der Waals surface area contributed by atoms with Crippen molar-refractivity contribution in [3.05, 3.63) is 34.1 Å². The highest BCUT2D eigenvalue weighted by Crippen LogP contribution is 2.33. The van der Waals surface area contributed by atoms with E-state index >= 15 is 0 Å². The minimum Gasteiger partial charge on any atom is -0.489 e. The van der Waals surface area contributed by atoms with Crippen LogP contribution in [0.1, 0.15) is 19.4 Å². The number of anilines is 1. The molecule has 0 saturated carbocycles. The number of rotatable bonds is 5. The van der Waals surface area contributed by atoms with Crippen LogP contribution in [0.5, 0.6) is 5.75 Å². The Bertz CT molecular complexity index is 543. The van der Waals surface area contributed by atoms with Gasteiger partial charge in [-0.15, -0.1) is 0 Å². The molecule has 0 aliphatic heterocycles. The Morgan fingerprint density at radius 2 is 2.16 bits per heavy atom. The maximum Gasteiger partial charge on any atom is 0.218 e. The normalized spacial score (nSPS) is 10.8. The molecule has 2 N–H and O–H groups in total. The van der Waals surface area contributed by atoms with Gasteiger partial charge in [0, 0.05) is 17.1 Å². The summed E-state index contributed by atoms with van der Waals surface area (Å²) in [5.41, 5.74) is 0.864. The van der Waals surface area contributed by atoms with Gasteiger partial charge in [-0.3, -0.25) is 0 Å². The molecule has 0 spiro atoms.